The Morgan fingerprint density at radius 2 is 1.79 bits per heavy atom. The lowest BCUT2D eigenvalue weighted by Crippen LogP contribution is -2.22. The number of fused-ring (bicyclic) bond motifs is 2. The van der Waals surface area contributed by atoms with Gasteiger partial charge in [0.15, 0.2) is 11.5 Å². The van der Waals surface area contributed by atoms with E-state index < -0.39 is 5.92 Å². The summed E-state index contributed by atoms with van der Waals surface area (Å²) in [5, 5.41) is 3.52. The summed E-state index contributed by atoms with van der Waals surface area (Å²) < 4.78 is 11.5. The Morgan fingerprint density at radius 1 is 1.03 bits per heavy atom. The number of anilines is 1. The Labute approximate surface area is 197 Å². The van der Waals surface area contributed by atoms with Crippen LogP contribution in [0, 0.1) is 0 Å². The summed E-state index contributed by atoms with van der Waals surface area (Å²) in [6.07, 6.45) is 0. The summed E-state index contributed by atoms with van der Waals surface area (Å²) >= 11 is 6.16. The Balaban J connectivity index is 1.60. The van der Waals surface area contributed by atoms with E-state index >= 15 is 0 Å². The predicted octanol–water partition coefficient (Wildman–Crippen LogP) is 5.03. The van der Waals surface area contributed by atoms with Gasteiger partial charge in [0, 0.05) is 22.8 Å². The molecule has 2 aliphatic heterocycles. The molecule has 3 aromatic rings. The van der Waals surface area contributed by atoms with Crippen LogP contribution in [-0.2, 0) is 11.3 Å². The average Bonchev–Trinajstić information content (AvgIpc) is 3.12. The smallest absolute Gasteiger partial charge is 0.238 e. The molecular formula is C26H24ClN3O3. The molecule has 0 bridgehead atoms. The molecule has 0 saturated heterocycles. The molecule has 0 fully saturated rings. The number of amides is 1. The van der Waals surface area contributed by atoms with E-state index in [1.54, 1.807) is 12.1 Å². The number of halogens is 1. The third kappa shape index (κ3) is 4.45. The fourth-order valence-electron chi connectivity index (χ4n) is 4.18. The molecule has 1 amide bonds. The first kappa shape index (κ1) is 21.5. The van der Waals surface area contributed by atoms with Crippen molar-refractivity contribution in [3.05, 3.63) is 82.4 Å². The molecule has 6 nitrogen and oxygen atoms in total. The second-order valence-electron chi connectivity index (χ2n) is 8.41. The van der Waals surface area contributed by atoms with Crippen molar-refractivity contribution in [1.29, 1.82) is 0 Å². The maximum Gasteiger partial charge on any atom is 0.238 e. The number of rotatable bonds is 5. The maximum absolute atomic E-state index is 13.1. The van der Waals surface area contributed by atoms with Gasteiger partial charge < -0.3 is 19.7 Å². The molecule has 0 spiro atoms. The molecule has 33 heavy (non-hydrogen) atoms. The molecule has 0 radical (unpaired) electrons. The zero-order valence-corrected chi connectivity index (χ0v) is 19.2. The summed E-state index contributed by atoms with van der Waals surface area (Å²) in [7, 11) is 4.07. The third-order valence-corrected chi connectivity index (χ3v) is 5.88. The summed E-state index contributed by atoms with van der Waals surface area (Å²) in [4.78, 5) is 20.2. The second-order valence-corrected chi connectivity index (χ2v) is 8.85. The monoisotopic (exact) mass is 461 g/mol. The van der Waals surface area contributed by atoms with Gasteiger partial charge in [0.1, 0.15) is 19.1 Å². The number of aliphatic imine (C=N–C) groups is 1. The molecule has 168 valence electrons. The van der Waals surface area contributed by atoms with Crippen molar-refractivity contribution in [3.8, 4) is 11.5 Å². The number of benzene rings is 3. The molecule has 0 aliphatic carbocycles. The number of nitrogens with one attached hydrogen (secondary N) is 1. The minimum Gasteiger partial charge on any atom is -0.486 e. The molecule has 0 saturated carbocycles. The number of hydrogen-bond donors (Lipinski definition) is 1. The van der Waals surface area contributed by atoms with Gasteiger partial charge in [-0.15, -0.1) is 0 Å². The van der Waals surface area contributed by atoms with Gasteiger partial charge in [-0.2, -0.15) is 0 Å². The predicted molar refractivity (Wildman–Crippen MR) is 130 cm³/mol. The molecule has 2 heterocycles. The van der Waals surface area contributed by atoms with Crippen molar-refractivity contribution < 1.29 is 14.3 Å². The van der Waals surface area contributed by atoms with Crippen LogP contribution in [0.2, 0.25) is 5.02 Å². The van der Waals surface area contributed by atoms with Crippen LogP contribution in [0.4, 0.5) is 11.4 Å². The van der Waals surface area contributed by atoms with Crippen molar-refractivity contribution in [2.24, 2.45) is 4.99 Å². The fraction of sp³-hybridized carbons (Fsp3) is 0.231. The van der Waals surface area contributed by atoms with Gasteiger partial charge in [-0.05, 0) is 67.7 Å². The second kappa shape index (κ2) is 8.89. The van der Waals surface area contributed by atoms with Crippen LogP contribution in [0.1, 0.15) is 22.6 Å². The lowest BCUT2D eigenvalue weighted by molar-refractivity contribution is -0.115. The standard InChI is InChI=1S/C26H24ClN3O3/c1-30(2)15-16-3-7-19(8-4-16)28-25(17-5-10-22-23(13-17)33-12-11-32-22)24-20-9-6-18(27)14-21(20)29-26(24)31/h3-10,13-14,24H,11-12,15H2,1-2H3,(H,29,31). The van der Waals surface area contributed by atoms with Crippen LogP contribution >= 0.6 is 11.6 Å². The molecule has 1 unspecified atom stereocenters. The number of carbonyl (C=O) groups is 1. The minimum absolute atomic E-state index is 0.134. The molecule has 1 atom stereocenters. The van der Waals surface area contributed by atoms with Gasteiger partial charge in [0.2, 0.25) is 5.91 Å². The summed E-state index contributed by atoms with van der Waals surface area (Å²) in [5.41, 5.74) is 4.98. The minimum atomic E-state index is -0.568. The van der Waals surface area contributed by atoms with Crippen LogP contribution in [0.25, 0.3) is 0 Å². The maximum atomic E-state index is 13.1. The van der Waals surface area contributed by atoms with Crippen LogP contribution in [0.5, 0.6) is 11.5 Å². The summed E-state index contributed by atoms with van der Waals surface area (Å²) in [6, 6.07) is 19.2. The molecular weight excluding hydrogens is 438 g/mol. The van der Waals surface area contributed by atoms with Gasteiger partial charge in [-0.3, -0.25) is 9.79 Å². The highest BCUT2D eigenvalue weighted by Gasteiger charge is 2.36. The lowest BCUT2D eigenvalue weighted by Gasteiger charge is -2.20. The van der Waals surface area contributed by atoms with E-state index in [0.717, 1.165) is 23.4 Å². The molecule has 1 N–H and O–H groups in total. The molecule has 2 aliphatic rings. The molecule has 7 heteroatoms. The van der Waals surface area contributed by atoms with E-state index in [9.17, 15) is 4.79 Å². The van der Waals surface area contributed by atoms with E-state index in [4.69, 9.17) is 26.1 Å². The fourth-order valence-corrected chi connectivity index (χ4v) is 4.36. The van der Waals surface area contributed by atoms with Crippen LogP contribution in [-0.4, -0.2) is 43.8 Å². The first-order valence-electron chi connectivity index (χ1n) is 10.8. The van der Waals surface area contributed by atoms with Gasteiger partial charge in [-0.1, -0.05) is 29.8 Å². The van der Waals surface area contributed by atoms with E-state index in [1.807, 2.05) is 50.5 Å². The zero-order chi connectivity index (χ0) is 22.9. The lowest BCUT2D eigenvalue weighted by atomic mass is 9.90. The van der Waals surface area contributed by atoms with Crippen molar-refractivity contribution in [3.63, 3.8) is 0 Å². The number of nitrogens with zero attached hydrogens (tertiary/aromatic N) is 2. The van der Waals surface area contributed by atoms with E-state index in [0.29, 0.717) is 41.1 Å². The highest BCUT2D eigenvalue weighted by Crippen LogP contribution is 2.39. The Bertz CT molecular complexity index is 1240. The third-order valence-electron chi connectivity index (χ3n) is 5.64. The SMILES string of the molecule is CN(C)Cc1ccc(N=C(c2ccc3c(c2)OCCO3)C2C(=O)Nc3cc(Cl)ccc32)cc1. The topological polar surface area (TPSA) is 63.2 Å². The van der Waals surface area contributed by atoms with Crippen molar-refractivity contribution in [1.82, 2.24) is 4.90 Å². The average molecular weight is 462 g/mol. The number of carbonyl (C=O) groups excluding carboxylic acids is 1. The first-order chi connectivity index (χ1) is 16.0. The number of ether oxygens (including phenoxy) is 2. The van der Waals surface area contributed by atoms with Crippen molar-refractivity contribution in [2.45, 2.75) is 12.5 Å². The highest BCUT2D eigenvalue weighted by molar-refractivity contribution is 6.31. The normalized spacial score (nSPS) is 17.2. The van der Waals surface area contributed by atoms with Crippen molar-refractivity contribution in [2.75, 3.05) is 32.6 Å². The van der Waals surface area contributed by atoms with Crippen LogP contribution < -0.4 is 14.8 Å². The van der Waals surface area contributed by atoms with E-state index in [-0.39, 0.29) is 5.91 Å². The summed E-state index contributed by atoms with van der Waals surface area (Å²) in [6.45, 7) is 1.85. The largest absolute Gasteiger partial charge is 0.486 e. The Kier molecular flexibility index (Phi) is 5.79. The first-order valence-corrected chi connectivity index (χ1v) is 11.2. The van der Waals surface area contributed by atoms with Gasteiger partial charge in [0.05, 0.1) is 11.4 Å². The number of hydrogen-bond acceptors (Lipinski definition) is 5. The quantitative estimate of drug-likeness (QED) is 0.541. The zero-order valence-electron chi connectivity index (χ0n) is 18.5. The van der Waals surface area contributed by atoms with Crippen LogP contribution in [0.3, 0.4) is 0 Å². The Hall–Kier alpha value is -3.35. The van der Waals surface area contributed by atoms with E-state index in [1.165, 1.54) is 5.56 Å². The summed E-state index contributed by atoms with van der Waals surface area (Å²) in [5.74, 6) is 0.648. The molecule has 3 aromatic carbocycles. The van der Waals surface area contributed by atoms with Gasteiger partial charge in [0.25, 0.3) is 0 Å². The van der Waals surface area contributed by atoms with Crippen molar-refractivity contribution >= 4 is 34.6 Å². The van der Waals surface area contributed by atoms with E-state index in [2.05, 4.69) is 22.3 Å². The Morgan fingerprint density at radius 3 is 2.55 bits per heavy atom. The van der Waals surface area contributed by atoms with Crippen LogP contribution in [0.15, 0.2) is 65.7 Å². The highest BCUT2D eigenvalue weighted by atomic mass is 35.5. The molecule has 5 rings (SSSR count). The van der Waals surface area contributed by atoms with Gasteiger partial charge >= 0.3 is 0 Å². The van der Waals surface area contributed by atoms with Gasteiger partial charge in [-0.25, -0.2) is 0 Å². The molecule has 0 aromatic heterocycles.